The predicted molar refractivity (Wildman–Crippen MR) is 251 cm³/mol. The first kappa shape index (κ1) is 32.7. The number of benzene rings is 12. The van der Waals surface area contributed by atoms with Crippen LogP contribution in [0.1, 0.15) is 0 Å². The van der Waals surface area contributed by atoms with E-state index in [0.29, 0.717) is 0 Å². The summed E-state index contributed by atoms with van der Waals surface area (Å²) >= 11 is 0. The van der Waals surface area contributed by atoms with Gasteiger partial charge in [0.05, 0.1) is 0 Å². The van der Waals surface area contributed by atoms with Gasteiger partial charge in [0.15, 0.2) is 0 Å². The van der Waals surface area contributed by atoms with Gasteiger partial charge in [-0.05, 0) is 132 Å². The van der Waals surface area contributed by atoms with Gasteiger partial charge in [-0.25, -0.2) is 0 Å². The summed E-state index contributed by atoms with van der Waals surface area (Å²) in [7, 11) is 0. The first-order valence-corrected chi connectivity index (χ1v) is 20.2. The molecule has 12 aromatic rings. The van der Waals surface area contributed by atoms with E-state index in [1.165, 1.54) is 120 Å². The summed E-state index contributed by atoms with van der Waals surface area (Å²) in [6.45, 7) is 0. The van der Waals surface area contributed by atoms with Crippen molar-refractivity contribution in [2.24, 2.45) is 0 Å². The molecule has 0 aliphatic rings. The van der Waals surface area contributed by atoms with Crippen molar-refractivity contribution in [3.63, 3.8) is 0 Å². The number of rotatable bonds is 4. The third-order valence-electron chi connectivity index (χ3n) is 12.4. The van der Waals surface area contributed by atoms with E-state index in [1.807, 2.05) is 0 Å². The lowest BCUT2D eigenvalue weighted by Gasteiger charge is -2.18. The molecule has 0 aromatic heterocycles. The standard InChI is InChI=1S/C58H36/c1-3-15-45-39(11-1)13-9-21-47(45)41-27-23-37(24-28-41)43-31-33-53-55(35-43)49-17-5-7-19-51(49)58-54-34-32-44(36-56(54)50-18-6-8-20-52(50)57(53)58)38-25-29-42(30-26-38)48-22-10-14-40-12-2-4-16-46(40)48/h1-36H. The molecule has 0 saturated carbocycles. The highest BCUT2D eigenvalue weighted by Crippen LogP contribution is 2.45. The van der Waals surface area contributed by atoms with E-state index in [1.54, 1.807) is 0 Å². The molecule has 0 unspecified atom stereocenters. The average Bonchev–Trinajstić information content (AvgIpc) is 3.31. The maximum absolute atomic E-state index is 2.41. The molecule has 0 nitrogen and oxygen atoms in total. The van der Waals surface area contributed by atoms with Crippen LogP contribution in [0.3, 0.4) is 0 Å². The van der Waals surface area contributed by atoms with E-state index in [-0.39, 0.29) is 0 Å². The number of hydrogen-bond donors (Lipinski definition) is 0. The first-order valence-electron chi connectivity index (χ1n) is 20.2. The molecular formula is C58H36. The van der Waals surface area contributed by atoms with Crippen molar-refractivity contribution in [2.75, 3.05) is 0 Å². The van der Waals surface area contributed by atoms with E-state index in [9.17, 15) is 0 Å². The van der Waals surface area contributed by atoms with E-state index in [4.69, 9.17) is 0 Å². The highest BCUT2D eigenvalue weighted by molar-refractivity contribution is 6.39. The van der Waals surface area contributed by atoms with Crippen molar-refractivity contribution >= 4 is 75.4 Å². The highest BCUT2D eigenvalue weighted by atomic mass is 14.2. The zero-order valence-electron chi connectivity index (χ0n) is 31.8. The first-order chi connectivity index (χ1) is 28.8. The Kier molecular flexibility index (Phi) is 7.33. The molecule has 0 fully saturated rings. The van der Waals surface area contributed by atoms with Gasteiger partial charge in [0.1, 0.15) is 0 Å². The minimum Gasteiger partial charge on any atom is -0.0616 e. The van der Waals surface area contributed by atoms with Crippen LogP contribution in [0, 0.1) is 0 Å². The van der Waals surface area contributed by atoms with Crippen LogP contribution in [-0.4, -0.2) is 0 Å². The van der Waals surface area contributed by atoms with Crippen molar-refractivity contribution in [2.45, 2.75) is 0 Å². The molecule has 0 heterocycles. The fourth-order valence-electron chi connectivity index (χ4n) is 9.67. The van der Waals surface area contributed by atoms with Gasteiger partial charge in [-0.3, -0.25) is 0 Å². The molecule has 0 amide bonds. The van der Waals surface area contributed by atoms with Crippen LogP contribution in [0.15, 0.2) is 218 Å². The van der Waals surface area contributed by atoms with Gasteiger partial charge in [0.25, 0.3) is 0 Å². The van der Waals surface area contributed by atoms with E-state index in [2.05, 4.69) is 218 Å². The Labute approximate surface area is 336 Å². The molecule has 0 N–H and O–H groups in total. The summed E-state index contributed by atoms with van der Waals surface area (Å²) in [5.74, 6) is 0. The second-order valence-electron chi connectivity index (χ2n) is 15.6. The number of fused-ring (bicyclic) bond motifs is 13. The predicted octanol–water partition coefficient (Wildman–Crippen LogP) is 16.4. The molecular weight excluding hydrogens is 697 g/mol. The van der Waals surface area contributed by atoms with Crippen LogP contribution < -0.4 is 0 Å². The van der Waals surface area contributed by atoms with E-state index >= 15 is 0 Å². The zero-order valence-corrected chi connectivity index (χ0v) is 31.8. The van der Waals surface area contributed by atoms with E-state index in [0.717, 1.165) is 0 Å². The quantitative estimate of drug-likeness (QED) is 0.158. The van der Waals surface area contributed by atoms with Crippen LogP contribution in [0.4, 0.5) is 0 Å². The molecule has 0 heteroatoms. The Hall–Kier alpha value is -7.54. The van der Waals surface area contributed by atoms with Gasteiger partial charge in [-0.2, -0.15) is 0 Å². The third kappa shape index (κ3) is 5.09. The molecule has 0 aliphatic heterocycles. The topological polar surface area (TPSA) is 0 Å². The van der Waals surface area contributed by atoms with Gasteiger partial charge in [0, 0.05) is 0 Å². The minimum absolute atomic E-state index is 1.22. The lowest BCUT2D eigenvalue weighted by atomic mass is 9.85. The summed E-state index contributed by atoms with van der Waals surface area (Å²) in [5.41, 5.74) is 9.88. The second kappa shape index (κ2) is 13.0. The summed E-state index contributed by atoms with van der Waals surface area (Å²) < 4.78 is 0. The Morgan fingerprint density at radius 1 is 0.172 bits per heavy atom. The van der Waals surface area contributed by atoms with Crippen LogP contribution in [0.25, 0.3) is 120 Å². The van der Waals surface area contributed by atoms with Gasteiger partial charge < -0.3 is 0 Å². The van der Waals surface area contributed by atoms with Crippen molar-refractivity contribution < 1.29 is 0 Å². The number of hydrogen-bond acceptors (Lipinski definition) is 0. The van der Waals surface area contributed by atoms with Gasteiger partial charge >= 0.3 is 0 Å². The Bertz CT molecular complexity index is 3340. The smallest absolute Gasteiger partial charge is 0.00139 e. The minimum atomic E-state index is 1.22. The molecule has 12 rings (SSSR count). The van der Waals surface area contributed by atoms with Crippen molar-refractivity contribution in [1.82, 2.24) is 0 Å². The molecule has 0 radical (unpaired) electrons. The second-order valence-corrected chi connectivity index (χ2v) is 15.6. The molecule has 58 heavy (non-hydrogen) atoms. The molecule has 0 bridgehead atoms. The fraction of sp³-hybridized carbons (Fsp3) is 0. The van der Waals surface area contributed by atoms with E-state index < -0.39 is 0 Å². The van der Waals surface area contributed by atoms with Crippen LogP contribution >= 0.6 is 0 Å². The average molecular weight is 733 g/mol. The van der Waals surface area contributed by atoms with Crippen LogP contribution in [0.5, 0.6) is 0 Å². The third-order valence-corrected chi connectivity index (χ3v) is 12.4. The normalized spacial score (nSPS) is 11.8. The largest absolute Gasteiger partial charge is 0.0616 e. The summed E-state index contributed by atoms with van der Waals surface area (Å²) in [5, 5.41) is 18.0. The molecule has 0 atom stereocenters. The van der Waals surface area contributed by atoms with Crippen LogP contribution in [0.2, 0.25) is 0 Å². The summed E-state index contributed by atoms with van der Waals surface area (Å²) in [6, 6.07) is 80.8. The van der Waals surface area contributed by atoms with Gasteiger partial charge in [-0.15, -0.1) is 0 Å². The van der Waals surface area contributed by atoms with Crippen molar-refractivity contribution in [3.05, 3.63) is 218 Å². The maximum atomic E-state index is 2.41. The van der Waals surface area contributed by atoms with Gasteiger partial charge in [0.2, 0.25) is 0 Å². The Balaban J connectivity index is 1.01. The highest BCUT2D eigenvalue weighted by Gasteiger charge is 2.17. The lowest BCUT2D eigenvalue weighted by molar-refractivity contribution is 1.62. The summed E-state index contributed by atoms with van der Waals surface area (Å²) in [4.78, 5) is 0. The monoisotopic (exact) mass is 732 g/mol. The zero-order chi connectivity index (χ0) is 38.2. The molecule has 12 aromatic carbocycles. The maximum Gasteiger partial charge on any atom is -0.00139 e. The fourth-order valence-corrected chi connectivity index (χ4v) is 9.67. The molecule has 0 spiro atoms. The summed E-state index contributed by atoms with van der Waals surface area (Å²) in [6.07, 6.45) is 0. The Morgan fingerprint density at radius 2 is 0.483 bits per heavy atom. The van der Waals surface area contributed by atoms with Crippen molar-refractivity contribution in [1.29, 1.82) is 0 Å². The van der Waals surface area contributed by atoms with Crippen LogP contribution in [-0.2, 0) is 0 Å². The van der Waals surface area contributed by atoms with Gasteiger partial charge in [-0.1, -0.05) is 206 Å². The molecule has 0 saturated heterocycles. The SMILES string of the molecule is c1ccc2c(-c3ccc(-c4ccc5c(c4)c4ccccc4c4c6ccc(-c7ccc(-c8cccc9ccccc89)cc7)cc6c6ccccc6c54)cc3)cccc2c1. The lowest BCUT2D eigenvalue weighted by Crippen LogP contribution is -1.90. The molecule has 0 aliphatic carbocycles. The molecule has 268 valence electrons. The van der Waals surface area contributed by atoms with Crippen molar-refractivity contribution in [3.8, 4) is 44.5 Å². The Morgan fingerprint density at radius 3 is 0.914 bits per heavy atom.